The first-order chi connectivity index (χ1) is 12.2. The Morgan fingerprint density at radius 1 is 1.08 bits per heavy atom. The van der Waals surface area contributed by atoms with Gasteiger partial charge in [-0.05, 0) is 38.1 Å². The summed E-state index contributed by atoms with van der Waals surface area (Å²) in [5.41, 5.74) is 1.01. The van der Waals surface area contributed by atoms with E-state index in [9.17, 15) is 0 Å². The van der Waals surface area contributed by atoms with Crippen molar-refractivity contribution < 1.29 is 9.47 Å². The molecule has 0 fully saturated rings. The minimum atomic E-state index is 0.594. The number of hydrogen-bond donors (Lipinski definition) is 0. The number of ether oxygens (including phenoxy) is 2. The van der Waals surface area contributed by atoms with Gasteiger partial charge in [0, 0.05) is 12.1 Å². The molecule has 0 aliphatic rings. The van der Waals surface area contributed by atoms with Gasteiger partial charge in [0.15, 0.2) is 11.0 Å². The summed E-state index contributed by atoms with van der Waals surface area (Å²) < 4.78 is 12.7. The van der Waals surface area contributed by atoms with Gasteiger partial charge in [0.05, 0.1) is 19.5 Å². The predicted molar refractivity (Wildman–Crippen MR) is 98.3 cm³/mol. The quantitative estimate of drug-likeness (QED) is 0.556. The molecule has 0 bridgehead atoms. The van der Waals surface area contributed by atoms with E-state index in [1.54, 1.807) is 18.9 Å². The maximum atomic E-state index is 5.36. The van der Waals surface area contributed by atoms with Crippen LogP contribution in [-0.4, -0.2) is 38.7 Å². The molecule has 9 heteroatoms. The average Bonchev–Trinajstić information content (AvgIpc) is 3.26. The Bertz CT molecular complexity index is 816. The van der Waals surface area contributed by atoms with Crippen molar-refractivity contribution in [2.45, 2.75) is 31.3 Å². The van der Waals surface area contributed by atoms with Crippen LogP contribution in [-0.2, 0) is 12.3 Å². The second kappa shape index (κ2) is 8.30. The Kier molecular flexibility index (Phi) is 5.87. The third kappa shape index (κ3) is 4.10. The molecule has 0 aliphatic carbocycles. The third-order valence-corrected chi connectivity index (χ3v) is 5.42. The van der Waals surface area contributed by atoms with Crippen LogP contribution in [0.5, 0.6) is 10.9 Å². The first-order valence-electron chi connectivity index (χ1n) is 7.90. The van der Waals surface area contributed by atoms with Crippen LogP contribution in [0, 0.1) is 0 Å². The molecule has 0 aliphatic heterocycles. The number of benzene rings is 1. The van der Waals surface area contributed by atoms with Crippen molar-refractivity contribution in [1.82, 2.24) is 25.0 Å². The molecule has 7 nitrogen and oxygen atoms in total. The fraction of sp³-hybridized carbons (Fsp3) is 0.375. The van der Waals surface area contributed by atoms with Gasteiger partial charge in [-0.3, -0.25) is 0 Å². The fourth-order valence-corrected chi connectivity index (χ4v) is 3.97. The van der Waals surface area contributed by atoms with Gasteiger partial charge in [0.25, 0.3) is 5.19 Å². The van der Waals surface area contributed by atoms with Crippen LogP contribution in [0.15, 0.2) is 29.4 Å². The van der Waals surface area contributed by atoms with Crippen LogP contribution < -0.4 is 9.47 Å². The molecule has 0 unspecified atom stereocenters. The highest BCUT2D eigenvalue weighted by molar-refractivity contribution is 7.98. The average molecular weight is 377 g/mol. The maximum absolute atomic E-state index is 5.36. The van der Waals surface area contributed by atoms with Crippen molar-refractivity contribution in [2.24, 2.45) is 0 Å². The van der Waals surface area contributed by atoms with Gasteiger partial charge in [-0.2, -0.15) is 0 Å². The summed E-state index contributed by atoms with van der Waals surface area (Å²) in [6.07, 6.45) is 0. The topological polar surface area (TPSA) is 75.0 Å². The lowest BCUT2D eigenvalue weighted by Crippen LogP contribution is -2.00. The third-order valence-electron chi connectivity index (χ3n) is 3.42. The van der Waals surface area contributed by atoms with Crippen molar-refractivity contribution in [3.8, 4) is 22.3 Å². The van der Waals surface area contributed by atoms with Gasteiger partial charge in [0.2, 0.25) is 0 Å². The maximum Gasteiger partial charge on any atom is 0.294 e. The molecule has 0 amide bonds. The summed E-state index contributed by atoms with van der Waals surface area (Å²) in [5.74, 6) is 2.35. The molecule has 0 atom stereocenters. The molecule has 0 spiro atoms. The molecule has 25 heavy (non-hydrogen) atoms. The molecule has 0 N–H and O–H groups in total. The lowest BCUT2D eigenvalue weighted by atomic mass is 10.2. The van der Waals surface area contributed by atoms with Gasteiger partial charge >= 0.3 is 0 Å². The van der Waals surface area contributed by atoms with Crippen molar-refractivity contribution in [3.05, 3.63) is 29.3 Å². The Morgan fingerprint density at radius 3 is 2.56 bits per heavy atom. The zero-order valence-corrected chi connectivity index (χ0v) is 15.9. The Hall–Kier alpha value is -2.13. The number of aromatic nitrogens is 5. The van der Waals surface area contributed by atoms with E-state index in [1.807, 2.05) is 31.2 Å². The molecular formula is C16H19N5O2S2. The molecule has 1 aromatic carbocycles. The molecular weight excluding hydrogens is 358 g/mol. The molecule has 0 saturated carbocycles. The summed E-state index contributed by atoms with van der Waals surface area (Å²) in [5, 5.41) is 19.2. The molecule has 3 rings (SSSR count). The van der Waals surface area contributed by atoms with Crippen LogP contribution >= 0.6 is 23.1 Å². The molecule has 0 radical (unpaired) electrons. The molecule has 0 saturated heterocycles. The van der Waals surface area contributed by atoms with E-state index in [-0.39, 0.29) is 0 Å². The summed E-state index contributed by atoms with van der Waals surface area (Å²) in [6.45, 7) is 5.40. The SMILES string of the molecule is CCOc1nnc(CSc2nnc(-c3ccc(OC)cc3)n2CC)s1. The lowest BCUT2D eigenvalue weighted by Gasteiger charge is -2.07. The highest BCUT2D eigenvalue weighted by Gasteiger charge is 2.14. The van der Waals surface area contributed by atoms with E-state index < -0.39 is 0 Å². The molecule has 3 aromatic rings. The largest absolute Gasteiger partial charge is 0.497 e. The van der Waals surface area contributed by atoms with Gasteiger partial charge in [-0.25, -0.2) is 0 Å². The van der Waals surface area contributed by atoms with Crippen molar-refractivity contribution in [2.75, 3.05) is 13.7 Å². The fourth-order valence-electron chi connectivity index (χ4n) is 2.24. The number of rotatable bonds is 8. The minimum Gasteiger partial charge on any atom is -0.497 e. The highest BCUT2D eigenvalue weighted by atomic mass is 32.2. The van der Waals surface area contributed by atoms with E-state index in [0.717, 1.165) is 33.8 Å². The Balaban J connectivity index is 1.74. The highest BCUT2D eigenvalue weighted by Crippen LogP contribution is 2.29. The van der Waals surface area contributed by atoms with Crippen molar-refractivity contribution in [1.29, 1.82) is 0 Å². The van der Waals surface area contributed by atoms with Crippen molar-refractivity contribution in [3.63, 3.8) is 0 Å². The second-order valence-electron chi connectivity index (χ2n) is 4.96. The summed E-state index contributed by atoms with van der Waals surface area (Å²) in [6, 6.07) is 7.83. The first-order valence-corrected chi connectivity index (χ1v) is 9.71. The standard InChI is InChI=1S/C16H19N5O2S2/c1-4-21-14(11-6-8-12(22-3)9-7-11)18-19-15(21)24-10-13-17-20-16(25-13)23-5-2/h6-9H,4-5,10H2,1-3H3. The zero-order valence-electron chi connectivity index (χ0n) is 14.3. The van der Waals surface area contributed by atoms with Crippen LogP contribution in [0.4, 0.5) is 0 Å². The normalized spacial score (nSPS) is 10.8. The molecule has 132 valence electrons. The Morgan fingerprint density at radius 2 is 1.88 bits per heavy atom. The first kappa shape index (κ1) is 17.7. The van der Waals surface area contributed by atoms with Gasteiger partial charge < -0.3 is 14.0 Å². The van der Waals surface area contributed by atoms with E-state index in [0.29, 0.717) is 17.6 Å². The molecule has 2 aromatic heterocycles. The smallest absolute Gasteiger partial charge is 0.294 e. The number of thioether (sulfide) groups is 1. The number of nitrogens with zero attached hydrogens (tertiary/aromatic N) is 5. The lowest BCUT2D eigenvalue weighted by molar-refractivity contribution is 0.335. The van der Waals surface area contributed by atoms with Crippen LogP contribution in [0.2, 0.25) is 0 Å². The Labute approximate surface area is 154 Å². The van der Waals surface area contributed by atoms with E-state index in [4.69, 9.17) is 9.47 Å². The van der Waals surface area contributed by atoms with E-state index >= 15 is 0 Å². The minimum absolute atomic E-state index is 0.594. The van der Waals surface area contributed by atoms with Crippen LogP contribution in [0.1, 0.15) is 18.9 Å². The van der Waals surface area contributed by atoms with Gasteiger partial charge in [-0.15, -0.1) is 20.4 Å². The van der Waals surface area contributed by atoms with Crippen LogP contribution in [0.3, 0.4) is 0 Å². The van der Waals surface area contributed by atoms with E-state index in [2.05, 4.69) is 31.9 Å². The van der Waals surface area contributed by atoms with Crippen molar-refractivity contribution >= 4 is 23.1 Å². The molecule has 2 heterocycles. The summed E-state index contributed by atoms with van der Waals surface area (Å²) >= 11 is 3.06. The monoisotopic (exact) mass is 377 g/mol. The number of methoxy groups -OCH3 is 1. The zero-order chi connectivity index (χ0) is 17.6. The summed E-state index contributed by atoms with van der Waals surface area (Å²) in [4.78, 5) is 0. The second-order valence-corrected chi connectivity index (χ2v) is 6.93. The summed E-state index contributed by atoms with van der Waals surface area (Å²) in [7, 11) is 1.66. The van der Waals surface area contributed by atoms with Crippen LogP contribution in [0.25, 0.3) is 11.4 Å². The number of hydrogen-bond acceptors (Lipinski definition) is 8. The van der Waals surface area contributed by atoms with Gasteiger partial charge in [-0.1, -0.05) is 23.1 Å². The predicted octanol–water partition coefficient (Wildman–Crippen LogP) is 3.52. The van der Waals surface area contributed by atoms with Gasteiger partial charge in [0.1, 0.15) is 10.8 Å². The van der Waals surface area contributed by atoms with E-state index in [1.165, 1.54) is 11.3 Å².